The summed E-state index contributed by atoms with van der Waals surface area (Å²) in [6, 6.07) is 8.90. The summed E-state index contributed by atoms with van der Waals surface area (Å²) in [5.74, 6) is -0.426. The van der Waals surface area contributed by atoms with E-state index in [9.17, 15) is 4.39 Å². The highest BCUT2D eigenvalue weighted by molar-refractivity contribution is 5.81. The molecule has 1 aromatic carbocycles. The van der Waals surface area contributed by atoms with Gasteiger partial charge in [-0.2, -0.15) is 0 Å². The van der Waals surface area contributed by atoms with Gasteiger partial charge in [0, 0.05) is 17.1 Å². The standard InChI is InChI=1S/C12H10FNO/c13-11(5-7-15)10-4-3-9-2-1-6-14-12(9)8-10/h1-6,8,15H,7H2/b11-5-. The number of benzene rings is 1. The van der Waals surface area contributed by atoms with Gasteiger partial charge < -0.3 is 5.11 Å². The van der Waals surface area contributed by atoms with Gasteiger partial charge in [-0.3, -0.25) is 4.98 Å². The Hall–Kier alpha value is -1.74. The molecule has 2 rings (SSSR count). The molecule has 0 aliphatic rings. The molecular weight excluding hydrogens is 193 g/mol. The van der Waals surface area contributed by atoms with Gasteiger partial charge in [0.25, 0.3) is 0 Å². The number of rotatable bonds is 2. The number of aliphatic hydroxyl groups is 1. The summed E-state index contributed by atoms with van der Waals surface area (Å²) in [4.78, 5) is 4.13. The van der Waals surface area contributed by atoms with Crippen molar-refractivity contribution >= 4 is 16.7 Å². The molecule has 1 heterocycles. The van der Waals surface area contributed by atoms with Crippen molar-refractivity contribution in [2.24, 2.45) is 0 Å². The van der Waals surface area contributed by atoms with Crippen LogP contribution in [0.25, 0.3) is 16.7 Å². The first-order chi connectivity index (χ1) is 7.31. The van der Waals surface area contributed by atoms with Crippen molar-refractivity contribution < 1.29 is 9.50 Å². The lowest BCUT2D eigenvalue weighted by molar-refractivity contribution is 0.342. The van der Waals surface area contributed by atoms with E-state index in [4.69, 9.17) is 5.11 Å². The Bertz CT molecular complexity index is 508. The van der Waals surface area contributed by atoms with Gasteiger partial charge >= 0.3 is 0 Å². The average molecular weight is 203 g/mol. The van der Waals surface area contributed by atoms with Gasteiger partial charge in [0.05, 0.1) is 12.1 Å². The van der Waals surface area contributed by atoms with Crippen molar-refractivity contribution in [3.05, 3.63) is 48.2 Å². The summed E-state index contributed by atoms with van der Waals surface area (Å²) < 4.78 is 13.3. The maximum Gasteiger partial charge on any atom is 0.128 e. The maximum atomic E-state index is 13.3. The van der Waals surface area contributed by atoms with Crippen LogP contribution in [0, 0.1) is 0 Å². The molecule has 0 unspecified atom stereocenters. The van der Waals surface area contributed by atoms with Gasteiger partial charge in [-0.15, -0.1) is 0 Å². The van der Waals surface area contributed by atoms with E-state index in [0.717, 1.165) is 17.0 Å². The van der Waals surface area contributed by atoms with E-state index in [1.165, 1.54) is 0 Å². The lowest BCUT2D eigenvalue weighted by atomic mass is 10.1. The van der Waals surface area contributed by atoms with Crippen LogP contribution in [0.3, 0.4) is 0 Å². The highest BCUT2D eigenvalue weighted by Crippen LogP contribution is 2.20. The predicted molar refractivity (Wildman–Crippen MR) is 57.9 cm³/mol. The molecular formula is C12H10FNO. The number of halogens is 1. The Morgan fingerprint density at radius 2 is 2.27 bits per heavy atom. The van der Waals surface area contributed by atoms with Crippen molar-refractivity contribution in [1.29, 1.82) is 0 Å². The zero-order valence-electron chi connectivity index (χ0n) is 8.02. The van der Waals surface area contributed by atoms with Crippen molar-refractivity contribution in [1.82, 2.24) is 4.98 Å². The molecule has 0 amide bonds. The largest absolute Gasteiger partial charge is 0.392 e. The minimum atomic E-state index is -0.426. The SMILES string of the molecule is OC/C=C(\F)c1ccc2cccnc2c1. The molecule has 0 spiro atoms. The third-order valence-corrected chi connectivity index (χ3v) is 2.15. The Kier molecular flexibility index (Phi) is 2.74. The van der Waals surface area contributed by atoms with Crippen LogP contribution in [0.5, 0.6) is 0 Å². The molecule has 0 aliphatic heterocycles. The third kappa shape index (κ3) is 2.02. The third-order valence-electron chi connectivity index (χ3n) is 2.15. The molecule has 0 aliphatic carbocycles. The van der Waals surface area contributed by atoms with Crippen molar-refractivity contribution in [2.75, 3.05) is 6.61 Å². The first-order valence-electron chi connectivity index (χ1n) is 4.63. The zero-order valence-corrected chi connectivity index (χ0v) is 8.02. The van der Waals surface area contributed by atoms with Crippen molar-refractivity contribution in [2.45, 2.75) is 0 Å². The molecule has 2 aromatic rings. The molecule has 1 aromatic heterocycles. The molecule has 3 heteroatoms. The fourth-order valence-corrected chi connectivity index (χ4v) is 1.41. The second-order valence-electron chi connectivity index (χ2n) is 3.15. The summed E-state index contributed by atoms with van der Waals surface area (Å²) in [6.45, 7) is -0.300. The zero-order chi connectivity index (χ0) is 10.7. The van der Waals surface area contributed by atoms with Crippen LogP contribution in [0.4, 0.5) is 4.39 Å². The van der Waals surface area contributed by atoms with Crippen LogP contribution in [-0.4, -0.2) is 16.7 Å². The topological polar surface area (TPSA) is 33.1 Å². The van der Waals surface area contributed by atoms with Gasteiger partial charge in [-0.1, -0.05) is 18.2 Å². The van der Waals surface area contributed by atoms with E-state index in [1.54, 1.807) is 18.3 Å². The Labute approximate surface area is 86.7 Å². The minimum absolute atomic E-state index is 0.300. The van der Waals surface area contributed by atoms with Gasteiger partial charge in [-0.05, 0) is 18.2 Å². The lowest BCUT2D eigenvalue weighted by Gasteiger charge is -2.00. The van der Waals surface area contributed by atoms with Gasteiger partial charge in [0.1, 0.15) is 5.83 Å². The van der Waals surface area contributed by atoms with Crippen LogP contribution >= 0.6 is 0 Å². The molecule has 76 valence electrons. The monoisotopic (exact) mass is 203 g/mol. The number of nitrogens with zero attached hydrogens (tertiary/aromatic N) is 1. The van der Waals surface area contributed by atoms with Crippen LogP contribution in [0.1, 0.15) is 5.56 Å². The van der Waals surface area contributed by atoms with Crippen molar-refractivity contribution in [3.63, 3.8) is 0 Å². The highest BCUT2D eigenvalue weighted by atomic mass is 19.1. The van der Waals surface area contributed by atoms with E-state index in [0.29, 0.717) is 5.56 Å². The normalized spacial score (nSPS) is 12.0. The first-order valence-corrected chi connectivity index (χ1v) is 4.63. The molecule has 0 bridgehead atoms. The summed E-state index contributed by atoms with van der Waals surface area (Å²) >= 11 is 0. The number of pyridine rings is 1. The highest BCUT2D eigenvalue weighted by Gasteiger charge is 2.01. The second-order valence-corrected chi connectivity index (χ2v) is 3.15. The molecule has 0 radical (unpaired) electrons. The van der Waals surface area contributed by atoms with Crippen LogP contribution in [0.15, 0.2) is 42.6 Å². The van der Waals surface area contributed by atoms with Gasteiger partial charge in [0.2, 0.25) is 0 Å². The van der Waals surface area contributed by atoms with Crippen LogP contribution < -0.4 is 0 Å². The molecule has 1 N–H and O–H groups in total. The number of aliphatic hydroxyl groups excluding tert-OH is 1. The lowest BCUT2D eigenvalue weighted by Crippen LogP contribution is -1.83. The fourth-order valence-electron chi connectivity index (χ4n) is 1.41. The quantitative estimate of drug-likeness (QED) is 0.813. The fraction of sp³-hybridized carbons (Fsp3) is 0.0833. The number of fused-ring (bicyclic) bond motifs is 1. The summed E-state index contributed by atoms with van der Waals surface area (Å²) in [5, 5.41) is 9.55. The van der Waals surface area contributed by atoms with Gasteiger partial charge in [-0.25, -0.2) is 4.39 Å². The van der Waals surface area contributed by atoms with E-state index < -0.39 is 5.83 Å². The van der Waals surface area contributed by atoms with E-state index in [-0.39, 0.29) is 6.61 Å². The Morgan fingerprint density at radius 3 is 3.07 bits per heavy atom. The molecule has 0 saturated heterocycles. The van der Waals surface area contributed by atoms with E-state index in [1.807, 2.05) is 18.2 Å². The van der Waals surface area contributed by atoms with Crippen LogP contribution in [-0.2, 0) is 0 Å². The summed E-state index contributed by atoms with van der Waals surface area (Å²) in [7, 11) is 0. The first kappa shape index (κ1) is 9.80. The number of aromatic nitrogens is 1. The predicted octanol–water partition coefficient (Wildman–Crippen LogP) is 2.54. The van der Waals surface area contributed by atoms with E-state index >= 15 is 0 Å². The van der Waals surface area contributed by atoms with Crippen molar-refractivity contribution in [3.8, 4) is 0 Å². The Morgan fingerprint density at radius 1 is 1.40 bits per heavy atom. The summed E-state index contributed by atoms with van der Waals surface area (Å²) in [6.07, 6.45) is 2.80. The maximum absolute atomic E-state index is 13.3. The molecule has 2 nitrogen and oxygen atoms in total. The van der Waals surface area contributed by atoms with Gasteiger partial charge in [0.15, 0.2) is 0 Å². The summed E-state index contributed by atoms with van der Waals surface area (Å²) in [5.41, 5.74) is 1.19. The molecule has 0 atom stereocenters. The second kappa shape index (κ2) is 4.19. The minimum Gasteiger partial charge on any atom is -0.392 e. The molecule has 15 heavy (non-hydrogen) atoms. The number of hydrogen-bond acceptors (Lipinski definition) is 2. The molecule has 0 saturated carbocycles. The Balaban J connectivity index is 2.51. The van der Waals surface area contributed by atoms with E-state index in [2.05, 4.69) is 4.98 Å². The number of hydrogen-bond donors (Lipinski definition) is 1. The average Bonchev–Trinajstić information content (AvgIpc) is 2.29. The smallest absolute Gasteiger partial charge is 0.128 e. The molecule has 0 fully saturated rings. The van der Waals surface area contributed by atoms with Crippen LogP contribution in [0.2, 0.25) is 0 Å².